The summed E-state index contributed by atoms with van der Waals surface area (Å²) in [5.74, 6) is -0.857. The number of benzene rings is 2. The average molecular weight is 291 g/mol. The van der Waals surface area contributed by atoms with Crippen LogP contribution in [0.4, 0.5) is 10.1 Å². The molecular weight excluding hydrogens is 277 g/mol. The fourth-order valence-corrected chi connectivity index (χ4v) is 1.83. The summed E-state index contributed by atoms with van der Waals surface area (Å²) in [5, 5.41) is 20.4. The highest BCUT2D eigenvalue weighted by Crippen LogP contribution is 2.33. The van der Waals surface area contributed by atoms with Gasteiger partial charge in [0.25, 0.3) is 0 Å². The van der Waals surface area contributed by atoms with Crippen LogP contribution < -0.4 is 4.74 Å². The molecule has 0 radical (unpaired) electrons. The highest BCUT2D eigenvalue weighted by atomic mass is 19.1. The van der Waals surface area contributed by atoms with Gasteiger partial charge in [-0.1, -0.05) is 12.1 Å². The van der Waals surface area contributed by atoms with Gasteiger partial charge in [0.15, 0.2) is 11.6 Å². The molecular formula is C15H14FNO4. The van der Waals surface area contributed by atoms with Crippen molar-refractivity contribution in [2.45, 2.75) is 20.0 Å². The molecule has 110 valence electrons. The Morgan fingerprint density at radius 2 is 1.90 bits per heavy atom. The molecule has 0 fully saturated rings. The first-order valence-corrected chi connectivity index (χ1v) is 6.29. The molecule has 0 saturated carbocycles. The summed E-state index contributed by atoms with van der Waals surface area (Å²) in [6.45, 7) is 3.23. The van der Waals surface area contributed by atoms with Gasteiger partial charge in [-0.15, -0.1) is 0 Å². The van der Waals surface area contributed by atoms with Crippen LogP contribution in [0.3, 0.4) is 0 Å². The Kier molecular flexibility index (Phi) is 4.18. The number of hydrogen-bond donors (Lipinski definition) is 1. The van der Waals surface area contributed by atoms with Gasteiger partial charge in [0.2, 0.25) is 5.75 Å². The number of ether oxygens (including phenoxy) is 1. The summed E-state index contributed by atoms with van der Waals surface area (Å²) in [5.41, 5.74) is 0.881. The second kappa shape index (κ2) is 5.88. The van der Waals surface area contributed by atoms with Gasteiger partial charge in [0.05, 0.1) is 11.0 Å². The molecule has 2 aromatic rings. The number of aryl methyl sites for hydroxylation is 1. The standard InChI is InChI=1S/C15H14FNO4/c1-9-3-5-15(13(7-9)17(19)20)21-14-6-4-11(10(2)18)8-12(14)16/h3-8,10,18H,1-2H3. The molecule has 0 aliphatic carbocycles. The number of nitrogens with zero attached hydrogens (tertiary/aromatic N) is 1. The molecule has 1 atom stereocenters. The Bertz CT molecular complexity index is 685. The van der Waals surface area contributed by atoms with Crippen LogP contribution in [-0.4, -0.2) is 10.0 Å². The average Bonchev–Trinajstić information content (AvgIpc) is 2.42. The van der Waals surface area contributed by atoms with E-state index in [-0.39, 0.29) is 17.2 Å². The number of nitro benzene ring substituents is 1. The van der Waals surface area contributed by atoms with Crippen LogP contribution in [0.5, 0.6) is 11.5 Å². The molecule has 21 heavy (non-hydrogen) atoms. The molecule has 6 heteroatoms. The van der Waals surface area contributed by atoms with Crippen molar-refractivity contribution in [2.75, 3.05) is 0 Å². The lowest BCUT2D eigenvalue weighted by atomic mass is 10.1. The summed E-state index contributed by atoms with van der Waals surface area (Å²) in [6, 6.07) is 8.40. The van der Waals surface area contributed by atoms with Gasteiger partial charge in [-0.3, -0.25) is 10.1 Å². The van der Waals surface area contributed by atoms with Crippen molar-refractivity contribution in [3.8, 4) is 11.5 Å². The number of hydrogen-bond acceptors (Lipinski definition) is 4. The summed E-state index contributed by atoms with van der Waals surface area (Å²) in [6.07, 6.45) is -0.803. The van der Waals surface area contributed by atoms with Crippen LogP contribution in [-0.2, 0) is 0 Å². The zero-order valence-electron chi connectivity index (χ0n) is 11.5. The molecule has 2 rings (SSSR count). The molecule has 2 aromatic carbocycles. The van der Waals surface area contributed by atoms with Gasteiger partial charge in [-0.05, 0) is 43.2 Å². The van der Waals surface area contributed by atoms with Crippen molar-refractivity contribution in [3.63, 3.8) is 0 Å². The first-order valence-electron chi connectivity index (χ1n) is 6.29. The maximum atomic E-state index is 13.9. The van der Waals surface area contributed by atoms with E-state index in [2.05, 4.69) is 0 Å². The molecule has 0 bridgehead atoms. The van der Waals surface area contributed by atoms with Crippen LogP contribution in [0, 0.1) is 22.9 Å². The van der Waals surface area contributed by atoms with Crippen LogP contribution in [0.1, 0.15) is 24.2 Å². The third-order valence-electron chi connectivity index (χ3n) is 2.97. The molecule has 0 saturated heterocycles. The van der Waals surface area contributed by atoms with Gasteiger partial charge >= 0.3 is 5.69 Å². The number of halogens is 1. The molecule has 0 heterocycles. The van der Waals surface area contributed by atoms with Gasteiger partial charge in [0, 0.05) is 6.07 Å². The van der Waals surface area contributed by atoms with Gasteiger partial charge in [-0.2, -0.15) is 0 Å². The van der Waals surface area contributed by atoms with Crippen LogP contribution in [0.15, 0.2) is 36.4 Å². The molecule has 0 aliphatic heterocycles. The van der Waals surface area contributed by atoms with Gasteiger partial charge in [-0.25, -0.2) is 4.39 Å². The Labute approximate surface area is 120 Å². The van der Waals surface area contributed by atoms with Crippen molar-refractivity contribution < 1.29 is 19.2 Å². The van der Waals surface area contributed by atoms with Crippen molar-refractivity contribution in [3.05, 3.63) is 63.5 Å². The normalized spacial score (nSPS) is 12.0. The Hall–Kier alpha value is -2.47. The van der Waals surface area contributed by atoms with E-state index in [0.717, 1.165) is 6.07 Å². The molecule has 0 aromatic heterocycles. The third kappa shape index (κ3) is 3.35. The summed E-state index contributed by atoms with van der Waals surface area (Å²) < 4.78 is 19.2. The predicted molar refractivity (Wildman–Crippen MR) is 74.9 cm³/mol. The highest BCUT2D eigenvalue weighted by Gasteiger charge is 2.17. The van der Waals surface area contributed by atoms with E-state index < -0.39 is 16.8 Å². The lowest BCUT2D eigenvalue weighted by Crippen LogP contribution is -1.97. The largest absolute Gasteiger partial charge is 0.447 e. The monoisotopic (exact) mass is 291 g/mol. The minimum Gasteiger partial charge on any atom is -0.447 e. The van der Waals surface area contributed by atoms with E-state index in [1.165, 1.54) is 31.2 Å². The SMILES string of the molecule is Cc1ccc(Oc2ccc(C(C)O)cc2F)c([N+](=O)[O-])c1. The number of aliphatic hydroxyl groups excluding tert-OH is 1. The van der Waals surface area contributed by atoms with Crippen molar-refractivity contribution in [1.82, 2.24) is 0 Å². The van der Waals surface area contributed by atoms with Crippen molar-refractivity contribution >= 4 is 5.69 Å². The third-order valence-corrected chi connectivity index (χ3v) is 2.97. The van der Waals surface area contributed by atoms with E-state index in [4.69, 9.17) is 4.74 Å². The second-order valence-corrected chi connectivity index (χ2v) is 4.70. The summed E-state index contributed by atoms with van der Waals surface area (Å²) >= 11 is 0. The first-order chi connectivity index (χ1) is 9.88. The Balaban J connectivity index is 2.37. The molecule has 1 unspecified atom stereocenters. The second-order valence-electron chi connectivity index (χ2n) is 4.70. The smallest absolute Gasteiger partial charge is 0.311 e. The molecule has 1 N–H and O–H groups in total. The maximum Gasteiger partial charge on any atom is 0.311 e. The van der Waals surface area contributed by atoms with Gasteiger partial charge < -0.3 is 9.84 Å². The summed E-state index contributed by atoms with van der Waals surface area (Å²) in [4.78, 5) is 10.4. The summed E-state index contributed by atoms with van der Waals surface area (Å²) in [7, 11) is 0. The number of rotatable bonds is 4. The van der Waals surface area contributed by atoms with Crippen molar-refractivity contribution in [2.24, 2.45) is 0 Å². The van der Waals surface area contributed by atoms with E-state index in [1.807, 2.05) is 0 Å². The van der Waals surface area contributed by atoms with E-state index >= 15 is 0 Å². The van der Waals surface area contributed by atoms with E-state index in [0.29, 0.717) is 11.1 Å². The quantitative estimate of drug-likeness (QED) is 0.685. The predicted octanol–water partition coefficient (Wildman–Crippen LogP) is 3.89. The van der Waals surface area contributed by atoms with Crippen LogP contribution in [0.25, 0.3) is 0 Å². The molecule has 0 amide bonds. The van der Waals surface area contributed by atoms with Crippen LogP contribution in [0.2, 0.25) is 0 Å². The van der Waals surface area contributed by atoms with Crippen molar-refractivity contribution in [1.29, 1.82) is 0 Å². The Morgan fingerprint density at radius 1 is 1.24 bits per heavy atom. The minimum atomic E-state index is -0.803. The molecule has 0 spiro atoms. The Morgan fingerprint density at radius 3 is 2.48 bits per heavy atom. The van der Waals surface area contributed by atoms with Gasteiger partial charge in [0.1, 0.15) is 0 Å². The fourth-order valence-electron chi connectivity index (χ4n) is 1.83. The maximum absolute atomic E-state index is 13.9. The number of aliphatic hydroxyl groups is 1. The zero-order valence-corrected chi connectivity index (χ0v) is 11.5. The highest BCUT2D eigenvalue weighted by molar-refractivity contribution is 5.50. The first kappa shape index (κ1) is 14.9. The van der Waals surface area contributed by atoms with Crippen LogP contribution >= 0.6 is 0 Å². The lowest BCUT2D eigenvalue weighted by molar-refractivity contribution is -0.385. The fraction of sp³-hybridized carbons (Fsp3) is 0.200. The minimum absolute atomic E-state index is 0.0331. The van der Waals surface area contributed by atoms with E-state index in [9.17, 15) is 19.6 Å². The van der Waals surface area contributed by atoms with E-state index in [1.54, 1.807) is 13.0 Å². The molecule has 5 nitrogen and oxygen atoms in total. The number of nitro groups is 1. The lowest BCUT2D eigenvalue weighted by Gasteiger charge is -2.10. The topological polar surface area (TPSA) is 72.6 Å². The zero-order chi connectivity index (χ0) is 15.6. The molecule has 0 aliphatic rings.